The molecule has 0 aromatic rings. The van der Waals surface area contributed by atoms with Crippen molar-refractivity contribution in [3.05, 3.63) is 48.6 Å². The summed E-state index contributed by atoms with van der Waals surface area (Å²) in [5, 5.41) is 22.5. The number of aliphatic hydroxyl groups excluding tert-OH is 1. The molecule has 2 unspecified atom stereocenters. The van der Waals surface area contributed by atoms with Crippen LogP contribution < -0.4 is 10.6 Å². The fourth-order valence-corrected chi connectivity index (χ4v) is 5.96. The molecular weight excluding hydrogens is 681 g/mol. The maximum Gasteiger partial charge on any atom is 0.328 e. The van der Waals surface area contributed by atoms with Crippen LogP contribution in [0.15, 0.2) is 48.6 Å². The lowest BCUT2D eigenvalue weighted by Crippen LogP contribution is -2.47. The van der Waals surface area contributed by atoms with Crippen LogP contribution in [0.1, 0.15) is 187 Å². The van der Waals surface area contributed by atoms with Gasteiger partial charge in [-0.2, -0.15) is 0 Å². The highest BCUT2D eigenvalue weighted by molar-refractivity contribution is 5.87. The average Bonchev–Trinajstić information content (AvgIpc) is 3.15. The Hall–Kier alpha value is -3.20. The first-order valence-electron chi connectivity index (χ1n) is 21.5. The van der Waals surface area contributed by atoms with Gasteiger partial charge in [0.15, 0.2) is 0 Å². The van der Waals surface area contributed by atoms with Gasteiger partial charge in [-0.25, -0.2) is 4.79 Å². The second kappa shape index (κ2) is 39.5. The van der Waals surface area contributed by atoms with Crippen molar-refractivity contribution in [2.45, 2.75) is 199 Å². The predicted octanol–water partition coefficient (Wildman–Crippen LogP) is 10.4. The highest BCUT2D eigenvalue weighted by Crippen LogP contribution is 2.17. The molecule has 0 saturated carbocycles. The van der Waals surface area contributed by atoms with Crippen molar-refractivity contribution >= 4 is 23.8 Å². The number of aliphatic carboxylic acids is 1. The molecule has 0 bridgehead atoms. The number of carboxylic acids is 1. The van der Waals surface area contributed by atoms with E-state index in [0.29, 0.717) is 12.8 Å². The van der Waals surface area contributed by atoms with Gasteiger partial charge >= 0.3 is 11.9 Å². The maximum atomic E-state index is 12.8. The molecule has 9 nitrogen and oxygen atoms in total. The maximum absolute atomic E-state index is 12.8. The monoisotopic (exact) mass is 759 g/mol. The molecule has 4 N–H and O–H groups in total. The Morgan fingerprint density at radius 2 is 1.06 bits per heavy atom. The molecule has 0 radical (unpaired) electrons. The molecule has 2 amide bonds. The average molecular weight is 759 g/mol. The van der Waals surface area contributed by atoms with Crippen LogP contribution in [0.25, 0.3) is 0 Å². The SMILES string of the molecule is CCC/C=C\C/C=C\CCCCCCCC(=O)OC(CCC/C=C\C/C=C\CCCCCCC)CCCCCCCC(=O)NCC(=O)NC(CO)C(=O)O. The van der Waals surface area contributed by atoms with Crippen molar-refractivity contribution in [3.8, 4) is 0 Å². The quantitative estimate of drug-likeness (QED) is 0.0279. The Morgan fingerprint density at radius 1 is 0.556 bits per heavy atom. The number of unbranched alkanes of at least 4 members (excludes halogenated alkanes) is 16. The summed E-state index contributed by atoms with van der Waals surface area (Å²) in [6.45, 7) is 3.39. The highest BCUT2D eigenvalue weighted by atomic mass is 16.5. The van der Waals surface area contributed by atoms with E-state index >= 15 is 0 Å². The lowest BCUT2D eigenvalue weighted by atomic mass is 10.0. The Kier molecular flexibility index (Phi) is 37.2. The van der Waals surface area contributed by atoms with Crippen molar-refractivity contribution in [2.75, 3.05) is 13.2 Å². The van der Waals surface area contributed by atoms with Crippen LogP contribution in [0.2, 0.25) is 0 Å². The molecule has 0 aliphatic rings. The number of hydrogen-bond acceptors (Lipinski definition) is 6. The summed E-state index contributed by atoms with van der Waals surface area (Å²) >= 11 is 0. The lowest BCUT2D eigenvalue weighted by molar-refractivity contribution is -0.150. The molecule has 0 spiro atoms. The number of ether oxygens (including phenoxy) is 1. The van der Waals surface area contributed by atoms with E-state index in [4.69, 9.17) is 14.9 Å². The van der Waals surface area contributed by atoms with Crippen LogP contribution >= 0.6 is 0 Å². The van der Waals surface area contributed by atoms with Gasteiger partial charge in [-0.05, 0) is 89.9 Å². The Bertz CT molecular complexity index is 1050. The van der Waals surface area contributed by atoms with Crippen molar-refractivity contribution in [1.82, 2.24) is 10.6 Å². The second-order valence-electron chi connectivity index (χ2n) is 14.4. The summed E-state index contributed by atoms with van der Waals surface area (Å²) in [6.07, 6.45) is 45.6. The number of rotatable bonds is 38. The van der Waals surface area contributed by atoms with E-state index in [0.717, 1.165) is 96.3 Å². The van der Waals surface area contributed by atoms with Crippen LogP contribution in [0.4, 0.5) is 0 Å². The zero-order chi connectivity index (χ0) is 39.7. The van der Waals surface area contributed by atoms with Crippen LogP contribution in [-0.4, -0.2) is 59.3 Å². The van der Waals surface area contributed by atoms with E-state index in [1.165, 1.54) is 57.8 Å². The van der Waals surface area contributed by atoms with Crippen molar-refractivity contribution in [3.63, 3.8) is 0 Å². The summed E-state index contributed by atoms with van der Waals surface area (Å²) < 4.78 is 5.99. The number of allylic oxidation sites excluding steroid dienone is 8. The predicted molar refractivity (Wildman–Crippen MR) is 222 cm³/mol. The number of hydrogen-bond donors (Lipinski definition) is 4. The van der Waals surface area contributed by atoms with Gasteiger partial charge in [-0.3, -0.25) is 14.4 Å². The van der Waals surface area contributed by atoms with E-state index in [1.54, 1.807) is 0 Å². The van der Waals surface area contributed by atoms with Gasteiger partial charge in [0.25, 0.3) is 0 Å². The molecule has 0 rings (SSSR count). The van der Waals surface area contributed by atoms with Crippen LogP contribution in [-0.2, 0) is 23.9 Å². The Balaban J connectivity index is 4.42. The molecule has 0 aromatic heterocycles. The molecule has 54 heavy (non-hydrogen) atoms. The lowest BCUT2D eigenvalue weighted by Gasteiger charge is -2.18. The first-order chi connectivity index (χ1) is 26.3. The topological polar surface area (TPSA) is 142 Å². The molecule has 0 aliphatic carbocycles. The Morgan fingerprint density at radius 3 is 1.63 bits per heavy atom. The molecule has 310 valence electrons. The minimum Gasteiger partial charge on any atom is -0.480 e. The summed E-state index contributed by atoms with van der Waals surface area (Å²) in [5.74, 6) is -2.34. The second-order valence-corrected chi connectivity index (χ2v) is 14.4. The van der Waals surface area contributed by atoms with Gasteiger partial charge in [0.05, 0.1) is 13.2 Å². The van der Waals surface area contributed by atoms with E-state index in [2.05, 4.69) is 73.1 Å². The van der Waals surface area contributed by atoms with E-state index in [1.807, 2.05) is 0 Å². The highest BCUT2D eigenvalue weighted by Gasteiger charge is 2.19. The minimum absolute atomic E-state index is 0.0643. The normalized spacial score (nSPS) is 12.9. The number of nitrogens with one attached hydrogen (secondary N) is 2. The van der Waals surface area contributed by atoms with Gasteiger partial charge in [-0.15, -0.1) is 0 Å². The van der Waals surface area contributed by atoms with Gasteiger partial charge < -0.3 is 25.6 Å². The number of carboxylic acid groups (broad SMARTS) is 1. The summed E-state index contributed by atoms with van der Waals surface area (Å²) in [5.41, 5.74) is 0. The first kappa shape index (κ1) is 50.8. The molecule has 0 aliphatic heterocycles. The summed E-state index contributed by atoms with van der Waals surface area (Å²) in [6, 6.07) is -1.39. The zero-order valence-corrected chi connectivity index (χ0v) is 34.2. The van der Waals surface area contributed by atoms with Crippen LogP contribution in [0.3, 0.4) is 0 Å². The third-order valence-corrected chi connectivity index (χ3v) is 9.28. The third kappa shape index (κ3) is 35.8. The summed E-state index contributed by atoms with van der Waals surface area (Å²) in [4.78, 5) is 47.5. The third-order valence-electron chi connectivity index (χ3n) is 9.28. The minimum atomic E-state index is -1.39. The fourth-order valence-electron chi connectivity index (χ4n) is 5.96. The van der Waals surface area contributed by atoms with Crippen LogP contribution in [0.5, 0.6) is 0 Å². The number of esters is 1. The van der Waals surface area contributed by atoms with Gasteiger partial charge in [0, 0.05) is 12.8 Å². The summed E-state index contributed by atoms with van der Waals surface area (Å²) in [7, 11) is 0. The molecule has 0 aromatic carbocycles. The van der Waals surface area contributed by atoms with Crippen molar-refractivity contribution in [1.29, 1.82) is 0 Å². The molecule has 0 heterocycles. The van der Waals surface area contributed by atoms with Crippen molar-refractivity contribution < 1.29 is 34.1 Å². The number of carbonyl (C=O) groups excluding carboxylic acids is 3. The smallest absolute Gasteiger partial charge is 0.328 e. The van der Waals surface area contributed by atoms with E-state index in [9.17, 15) is 19.2 Å². The fraction of sp³-hybridized carbons (Fsp3) is 0.733. The van der Waals surface area contributed by atoms with Crippen LogP contribution in [0, 0.1) is 0 Å². The van der Waals surface area contributed by atoms with Gasteiger partial charge in [0.2, 0.25) is 11.8 Å². The number of aliphatic hydroxyl groups is 1. The van der Waals surface area contributed by atoms with E-state index in [-0.39, 0.29) is 30.9 Å². The molecular formula is C45H78N2O7. The number of carbonyl (C=O) groups is 4. The molecule has 2 atom stereocenters. The largest absolute Gasteiger partial charge is 0.480 e. The molecule has 9 heteroatoms. The molecule has 0 fully saturated rings. The molecule has 0 saturated heterocycles. The van der Waals surface area contributed by atoms with E-state index < -0.39 is 24.5 Å². The Labute approximate surface area is 328 Å². The zero-order valence-electron chi connectivity index (χ0n) is 34.2. The first-order valence-corrected chi connectivity index (χ1v) is 21.5. The standard InChI is InChI=1S/C45H78N2O7/c1-3-5-7-9-11-13-15-17-19-21-23-26-30-34-40(54-44(51)37-33-29-24-22-20-18-16-14-12-10-8-6-4-2)35-31-27-25-28-32-36-42(49)46-38-43(50)47-41(39-48)45(52)53/h8,10,14-17,21,23,40-41,48H,3-7,9,11-13,18-20,22,24-39H2,1-2H3,(H,46,49)(H,47,50)(H,52,53)/b10-8-,16-14-,17-15-,23-21-. The van der Waals surface area contributed by atoms with Crippen molar-refractivity contribution in [2.24, 2.45) is 0 Å². The van der Waals surface area contributed by atoms with Gasteiger partial charge in [-0.1, -0.05) is 133 Å². The van der Waals surface area contributed by atoms with Gasteiger partial charge in [0.1, 0.15) is 12.1 Å². The number of amides is 2.